The first-order chi connectivity index (χ1) is 28.8. The number of fused-ring (bicyclic) bond motifs is 2. The third-order valence-corrected chi connectivity index (χ3v) is 12.7. The Hall–Kier alpha value is -5.39. The number of imide groups is 1. The van der Waals surface area contributed by atoms with Crippen molar-refractivity contribution in [2.45, 2.75) is 82.4 Å². The quantitative estimate of drug-likeness (QED) is 0.140. The first-order valence-corrected chi connectivity index (χ1v) is 21.2. The zero-order valence-corrected chi connectivity index (χ0v) is 33.6. The maximum Gasteiger partial charge on any atom is 0.329 e. The van der Waals surface area contributed by atoms with Gasteiger partial charge in [-0.25, -0.2) is 14.3 Å². The summed E-state index contributed by atoms with van der Waals surface area (Å²) in [4.78, 5) is 60.3. The molecule has 3 saturated heterocycles. The number of benzene rings is 1. The van der Waals surface area contributed by atoms with Crippen LogP contribution in [-0.2, 0) is 32.5 Å². The number of likely N-dealkylation sites (tertiary alicyclic amines) is 1. The van der Waals surface area contributed by atoms with Crippen LogP contribution in [0, 0.1) is 5.92 Å². The van der Waals surface area contributed by atoms with E-state index in [0.717, 1.165) is 107 Å². The number of hydrogen-bond acceptors (Lipinski definition) is 11. The SMILES string of the molecule is Cn1c(=O)n(C2CCC(=O)NC2=O)c2cccc(CCCOC3CCN(CC4CCC(n5cc(NC(=O)c6cnn7cccnc67)c(N6CCOCC6)n5)CC4)CC3)c21. The average Bonchev–Trinajstić information content (AvgIpc) is 3.95. The van der Waals surface area contributed by atoms with Crippen molar-refractivity contribution in [2.75, 3.05) is 62.8 Å². The van der Waals surface area contributed by atoms with Crippen molar-refractivity contribution in [1.82, 2.24) is 43.7 Å². The number of para-hydroxylation sites is 1. The minimum Gasteiger partial charge on any atom is -0.378 e. The van der Waals surface area contributed by atoms with Crippen LogP contribution in [0.25, 0.3) is 16.7 Å². The van der Waals surface area contributed by atoms with Gasteiger partial charge in [-0.05, 0) is 81.4 Å². The van der Waals surface area contributed by atoms with Crippen LogP contribution in [0.5, 0.6) is 0 Å². The van der Waals surface area contributed by atoms with Gasteiger partial charge in [-0.15, -0.1) is 0 Å². The van der Waals surface area contributed by atoms with E-state index in [1.165, 1.54) is 0 Å². The highest BCUT2D eigenvalue weighted by Crippen LogP contribution is 2.36. The third kappa shape index (κ3) is 8.15. The van der Waals surface area contributed by atoms with Crippen LogP contribution in [0.1, 0.15) is 85.8 Å². The van der Waals surface area contributed by atoms with E-state index in [4.69, 9.17) is 14.6 Å². The Balaban J connectivity index is 0.740. The summed E-state index contributed by atoms with van der Waals surface area (Å²) in [5.74, 6) is 0.451. The molecule has 0 radical (unpaired) electrons. The number of rotatable bonds is 12. The molecule has 17 nitrogen and oxygen atoms in total. The summed E-state index contributed by atoms with van der Waals surface area (Å²) in [5, 5.41) is 14.9. The molecule has 2 N–H and O–H groups in total. The number of carbonyl (C=O) groups is 3. The molecule has 7 heterocycles. The fourth-order valence-corrected chi connectivity index (χ4v) is 9.52. The molecule has 1 atom stereocenters. The van der Waals surface area contributed by atoms with Crippen LogP contribution in [0.2, 0.25) is 0 Å². The zero-order chi connectivity index (χ0) is 40.5. The van der Waals surface area contributed by atoms with Crippen molar-refractivity contribution in [1.29, 1.82) is 0 Å². The number of nitrogens with zero attached hydrogens (tertiary/aromatic N) is 9. The number of anilines is 2. The maximum absolute atomic E-state index is 13.5. The van der Waals surface area contributed by atoms with E-state index < -0.39 is 11.9 Å². The second kappa shape index (κ2) is 17.1. The highest BCUT2D eigenvalue weighted by atomic mass is 16.5. The third-order valence-electron chi connectivity index (χ3n) is 12.7. The molecule has 0 spiro atoms. The van der Waals surface area contributed by atoms with E-state index in [9.17, 15) is 19.2 Å². The first-order valence-electron chi connectivity index (χ1n) is 21.2. The standard InChI is InChI=1S/C42H53N11O6/c1-48-37-29(5-2-7-34(37)53(42(48)57)35-12-13-36(54)46-41(35)56)6-3-22-59-31-14-18-49(19-15-31)26-28-8-10-30(11-9-28)52-27-33(39(47-52)50-20-23-58-24-21-50)45-40(55)32-25-44-51-17-4-16-43-38(32)51/h2,4-5,7,16-17,25,27-28,30-31,35H,3,6,8-15,18-24,26H2,1H3,(H,45,55)(H,46,54,56). The summed E-state index contributed by atoms with van der Waals surface area (Å²) in [7, 11) is 1.75. The van der Waals surface area contributed by atoms with Gasteiger partial charge in [0.2, 0.25) is 11.8 Å². The van der Waals surface area contributed by atoms with Crippen molar-refractivity contribution in [2.24, 2.45) is 13.0 Å². The molecule has 0 bridgehead atoms. The number of imidazole rings is 1. The van der Waals surface area contributed by atoms with Gasteiger partial charge in [-0.1, -0.05) is 12.1 Å². The van der Waals surface area contributed by atoms with Gasteiger partial charge in [0, 0.05) is 65.2 Å². The first kappa shape index (κ1) is 39.1. The van der Waals surface area contributed by atoms with Gasteiger partial charge in [-0.2, -0.15) is 10.2 Å². The molecule has 4 aliphatic rings. The van der Waals surface area contributed by atoms with Gasteiger partial charge in [-0.3, -0.25) is 33.5 Å². The van der Waals surface area contributed by atoms with Gasteiger partial charge in [0.1, 0.15) is 17.3 Å². The van der Waals surface area contributed by atoms with Crippen molar-refractivity contribution in [3.63, 3.8) is 0 Å². The number of piperidine rings is 2. The topological polar surface area (TPSA) is 175 Å². The van der Waals surface area contributed by atoms with Crippen LogP contribution in [-0.4, -0.2) is 115 Å². The fourth-order valence-electron chi connectivity index (χ4n) is 9.52. The number of hydrogen-bond donors (Lipinski definition) is 2. The van der Waals surface area contributed by atoms with Gasteiger partial charge in [0.05, 0.1) is 48.8 Å². The van der Waals surface area contributed by atoms with Crippen molar-refractivity contribution in [3.8, 4) is 0 Å². The van der Waals surface area contributed by atoms with Gasteiger partial charge in [0.15, 0.2) is 11.5 Å². The van der Waals surface area contributed by atoms with Crippen LogP contribution in [0.15, 0.2) is 53.8 Å². The lowest BCUT2D eigenvalue weighted by Crippen LogP contribution is -2.44. The molecule has 4 aromatic heterocycles. The Morgan fingerprint density at radius 1 is 1.00 bits per heavy atom. The molecule has 4 fully saturated rings. The van der Waals surface area contributed by atoms with Crippen LogP contribution >= 0.6 is 0 Å². The summed E-state index contributed by atoms with van der Waals surface area (Å²) < 4.78 is 18.8. The fraction of sp³-hybridized carbons (Fsp3) is 0.548. The number of morpholine rings is 1. The molecule has 1 aromatic carbocycles. The molecule has 17 heteroatoms. The van der Waals surface area contributed by atoms with E-state index in [0.29, 0.717) is 49.1 Å². The molecule has 3 aliphatic heterocycles. The summed E-state index contributed by atoms with van der Waals surface area (Å²) >= 11 is 0. The van der Waals surface area contributed by atoms with E-state index in [1.54, 1.807) is 45.4 Å². The highest BCUT2D eigenvalue weighted by Gasteiger charge is 2.32. The van der Waals surface area contributed by atoms with Gasteiger partial charge < -0.3 is 24.6 Å². The predicted octanol–water partition coefficient (Wildman–Crippen LogP) is 3.49. The molecule has 312 valence electrons. The number of aryl methyl sites for hydroxylation is 2. The lowest BCUT2D eigenvalue weighted by Gasteiger charge is -2.36. The summed E-state index contributed by atoms with van der Waals surface area (Å²) in [6.07, 6.45) is 15.8. The monoisotopic (exact) mass is 807 g/mol. The maximum atomic E-state index is 13.5. The van der Waals surface area contributed by atoms with Crippen molar-refractivity contribution >= 4 is 45.9 Å². The number of carbonyl (C=O) groups excluding carboxylic acids is 3. The number of aromatic nitrogens is 7. The molecular formula is C42H53N11O6. The lowest BCUT2D eigenvalue weighted by atomic mass is 9.85. The zero-order valence-electron chi connectivity index (χ0n) is 33.6. The average molecular weight is 808 g/mol. The molecule has 3 amide bonds. The predicted molar refractivity (Wildman–Crippen MR) is 220 cm³/mol. The normalized spacial score (nSPS) is 22.3. The molecule has 1 unspecified atom stereocenters. The summed E-state index contributed by atoms with van der Waals surface area (Å²) in [6, 6.07) is 7.22. The van der Waals surface area contributed by atoms with Crippen molar-refractivity contribution in [3.05, 3.63) is 70.7 Å². The van der Waals surface area contributed by atoms with Gasteiger partial charge in [0.25, 0.3) is 5.91 Å². The summed E-state index contributed by atoms with van der Waals surface area (Å²) in [6.45, 7) is 6.52. The Morgan fingerprint density at radius 3 is 2.61 bits per heavy atom. The largest absolute Gasteiger partial charge is 0.378 e. The van der Waals surface area contributed by atoms with Crippen LogP contribution in [0.4, 0.5) is 11.5 Å². The second-order valence-electron chi connectivity index (χ2n) is 16.5. The smallest absolute Gasteiger partial charge is 0.329 e. The molecule has 59 heavy (non-hydrogen) atoms. The molecule has 9 rings (SSSR count). The Labute approximate surface area is 341 Å². The minimum atomic E-state index is -0.690. The Kier molecular flexibility index (Phi) is 11.3. The van der Waals surface area contributed by atoms with Crippen LogP contribution < -0.4 is 21.2 Å². The van der Waals surface area contributed by atoms with E-state index >= 15 is 0 Å². The van der Waals surface area contributed by atoms with Gasteiger partial charge >= 0.3 is 5.69 Å². The number of amides is 3. The Morgan fingerprint density at radius 2 is 1.81 bits per heavy atom. The second-order valence-corrected chi connectivity index (χ2v) is 16.5. The number of nitrogens with one attached hydrogen (secondary N) is 2. The van der Waals surface area contributed by atoms with Crippen molar-refractivity contribution < 1.29 is 23.9 Å². The van der Waals surface area contributed by atoms with E-state index in [-0.39, 0.29) is 36.1 Å². The summed E-state index contributed by atoms with van der Waals surface area (Å²) in [5.41, 5.74) is 3.99. The number of ether oxygens (including phenoxy) is 2. The molecular weight excluding hydrogens is 755 g/mol. The van der Waals surface area contributed by atoms with E-state index in [1.807, 2.05) is 24.4 Å². The highest BCUT2D eigenvalue weighted by molar-refractivity contribution is 6.09. The van der Waals surface area contributed by atoms with Crippen LogP contribution in [0.3, 0.4) is 0 Å². The Bertz CT molecular complexity index is 2380. The molecule has 1 aliphatic carbocycles. The molecule has 1 saturated carbocycles. The lowest BCUT2D eigenvalue weighted by molar-refractivity contribution is -0.135. The van der Waals surface area contributed by atoms with E-state index in [2.05, 4.69) is 35.2 Å². The minimum absolute atomic E-state index is 0.219. The molecule has 5 aromatic rings.